The minimum absolute atomic E-state index is 0.00319. The van der Waals surface area contributed by atoms with Gasteiger partial charge in [0.1, 0.15) is 0 Å². The fourth-order valence-corrected chi connectivity index (χ4v) is 2.71. The first-order valence-corrected chi connectivity index (χ1v) is 6.27. The Kier molecular flexibility index (Phi) is 3.98. The van der Waals surface area contributed by atoms with Gasteiger partial charge in [-0.1, -0.05) is 19.3 Å². The molecular weight excluding hydrogens is 214 g/mol. The molecule has 0 radical (unpaired) electrons. The number of hydrogen-bond acceptors (Lipinski definition) is 3. The fraction of sp³-hybridized carbons (Fsp3) is 0.571. The summed E-state index contributed by atoms with van der Waals surface area (Å²) in [6.07, 6.45) is 7.57. The molecule has 1 aliphatic carbocycles. The zero-order chi connectivity index (χ0) is 12.1. The summed E-state index contributed by atoms with van der Waals surface area (Å²) in [7, 11) is 0. The van der Waals surface area contributed by atoms with Crippen molar-refractivity contribution in [3.8, 4) is 6.07 Å². The highest BCUT2D eigenvalue weighted by Gasteiger charge is 2.31. The number of carbonyl (C=O) groups excluding carboxylic acids is 1. The van der Waals surface area contributed by atoms with E-state index in [0.717, 1.165) is 12.8 Å². The summed E-state index contributed by atoms with van der Waals surface area (Å²) in [5, 5.41) is 8.88. The van der Waals surface area contributed by atoms with Crippen LogP contribution in [0.4, 0.5) is 0 Å². The van der Waals surface area contributed by atoms with Gasteiger partial charge < -0.3 is 4.42 Å². The van der Waals surface area contributed by atoms with Gasteiger partial charge in [-0.25, -0.2) is 0 Å². The maximum atomic E-state index is 12.3. The highest BCUT2D eigenvalue weighted by molar-refractivity contribution is 5.95. The van der Waals surface area contributed by atoms with E-state index in [9.17, 15) is 4.79 Å². The molecule has 0 saturated heterocycles. The lowest BCUT2D eigenvalue weighted by Crippen LogP contribution is -2.25. The molecule has 2 rings (SSSR count). The van der Waals surface area contributed by atoms with Crippen LogP contribution in [0, 0.1) is 23.2 Å². The standard InChI is InChI=1S/C14H17NO2/c15-9-8-12(11-5-2-1-3-6-11)14(16)13-7-4-10-17-13/h4,7,10-12H,1-3,5-6,8H2. The molecule has 1 heterocycles. The Morgan fingerprint density at radius 1 is 1.47 bits per heavy atom. The summed E-state index contributed by atoms with van der Waals surface area (Å²) < 4.78 is 5.15. The van der Waals surface area contributed by atoms with Gasteiger partial charge in [-0.15, -0.1) is 0 Å². The lowest BCUT2D eigenvalue weighted by Gasteiger charge is -2.27. The van der Waals surface area contributed by atoms with Gasteiger partial charge in [-0.05, 0) is 30.9 Å². The molecule has 0 spiro atoms. The number of carbonyl (C=O) groups is 1. The molecule has 90 valence electrons. The van der Waals surface area contributed by atoms with Crippen molar-refractivity contribution in [2.24, 2.45) is 11.8 Å². The van der Waals surface area contributed by atoms with Crippen molar-refractivity contribution in [2.75, 3.05) is 0 Å². The van der Waals surface area contributed by atoms with E-state index in [0.29, 0.717) is 18.1 Å². The minimum Gasteiger partial charge on any atom is -0.461 e. The molecule has 1 saturated carbocycles. The van der Waals surface area contributed by atoms with Crippen molar-refractivity contribution in [2.45, 2.75) is 38.5 Å². The first kappa shape index (κ1) is 11.9. The first-order valence-electron chi connectivity index (χ1n) is 6.27. The normalized spacial score (nSPS) is 18.5. The van der Waals surface area contributed by atoms with E-state index in [1.165, 1.54) is 25.5 Å². The van der Waals surface area contributed by atoms with Gasteiger partial charge in [0.2, 0.25) is 5.78 Å². The fourth-order valence-electron chi connectivity index (χ4n) is 2.71. The summed E-state index contributed by atoms with van der Waals surface area (Å²) in [6.45, 7) is 0. The molecule has 3 heteroatoms. The second-order valence-electron chi connectivity index (χ2n) is 4.71. The molecule has 0 amide bonds. The van der Waals surface area contributed by atoms with Gasteiger partial charge in [0, 0.05) is 12.3 Å². The molecular formula is C14H17NO2. The first-order chi connectivity index (χ1) is 8.33. The van der Waals surface area contributed by atoms with Gasteiger partial charge in [0.05, 0.1) is 12.3 Å². The van der Waals surface area contributed by atoms with Crippen LogP contribution in [0.25, 0.3) is 0 Å². The Labute approximate surface area is 101 Å². The third-order valence-corrected chi connectivity index (χ3v) is 3.63. The van der Waals surface area contributed by atoms with E-state index in [4.69, 9.17) is 9.68 Å². The second kappa shape index (κ2) is 5.67. The Bertz CT molecular complexity index is 396. The molecule has 1 aromatic heterocycles. The molecule has 1 atom stereocenters. The van der Waals surface area contributed by atoms with E-state index in [-0.39, 0.29) is 11.7 Å². The molecule has 3 nitrogen and oxygen atoms in total. The summed E-state index contributed by atoms with van der Waals surface area (Å²) >= 11 is 0. The van der Waals surface area contributed by atoms with Crippen LogP contribution in [-0.4, -0.2) is 5.78 Å². The van der Waals surface area contributed by atoms with Gasteiger partial charge in [0.25, 0.3) is 0 Å². The predicted molar refractivity (Wildman–Crippen MR) is 63.3 cm³/mol. The highest BCUT2D eigenvalue weighted by Crippen LogP contribution is 2.33. The largest absolute Gasteiger partial charge is 0.461 e. The zero-order valence-corrected chi connectivity index (χ0v) is 9.89. The van der Waals surface area contributed by atoms with Crippen LogP contribution in [0.5, 0.6) is 0 Å². The Balaban J connectivity index is 2.11. The van der Waals surface area contributed by atoms with Crippen molar-refractivity contribution in [3.05, 3.63) is 24.2 Å². The van der Waals surface area contributed by atoms with Gasteiger partial charge in [-0.2, -0.15) is 5.26 Å². The van der Waals surface area contributed by atoms with Crippen molar-refractivity contribution in [1.82, 2.24) is 0 Å². The molecule has 1 fully saturated rings. The molecule has 0 aromatic carbocycles. The van der Waals surface area contributed by atoms with E-state index >= 15 is 0 Å². The van der Waals surface area contributed by atoms with Crippen LogP contribution < -0.4 is 0 Å². The molecule has 0 N–H and O–H groups in total. The lowest BCUT2D eigenvalue weighted by atomic mass is 9.76. The summed E-state index contributed by atoms with van der Waals surface area (Å²) in [5.41, 5.74) is 0. The highest BCUT2D eigenvalue weighted by atomic mass is 16.3. The van der Waals surface area contributed by atoms with Crippen molar-refractivity contribution < 1.29 is 9.21 Å². The smallest absolute Gasteiger partial charge is 0.202 e. The number of furan rings is 1. The van der Waals surface area contributed by atoms with Gasteiger partial charge in [-0.3, -0.25) is 4.79 Å². The monoisotopic (exact) mass is 231 g/mol. The average Bonchev–Trinajstić information content (AvgIpc) is 2.90. The topological polar surface area (TPSA) is 54.0 Å². The third-order valence-electron chi connectivity index (χ3n) is 3.63. The number of hydrogen-bond donors (Lipinski definition) is 0. The number of Topliss-reactive ketones (excluding diaryl/α,β-unsaturated/α-hetero) is 1. The Morgan fingerprint density at radius 2 is 2.24 bits per heavy atom. The van der Waals surface area contributed by atoms with Crippen LogP contribution >= 0.6 is 0 Å². The van der Waals surface area contributed by atoms with Crippen LogP contribution in [0.1, 0.15) is 49.1 Å². The van der Waals surface area contributed by atoms with E-state index < -0.39 is 0 Å². The molecule has 1 aliphatic rings. The third kappa shape index (κ3) is 2.76. The summed E-state index contributed by atoms with van der Waals surface area (Å²) in [5.74, 6) is 0.590. The maximum Gasteiger partial charge on any atom is 0.202 e. The summed E-state index contributed by atoms with van der Waals surface area (Å²) in [6, 6.07) is 5.56. The van der Waals surface area contributed by atoms with E-state index in [1.54, 1.807) is 12.1 Å². The number of ketones is 1. The summed E-state index contributed by atoms with van der Waals surface area (Å²) in [4.78, 5) is 12.3. The quantitative estimate of drug-likeness (QED) is 0.744. The van der Waals surface area contributed by atoms with Crippen molar-refractivity contribution in [1.29, 1.82) is 5.26 Å². The maximum absolute atomic E-state index is 12.3. The average molecular weight is 231 g/mol. The molecule has 0 bridgehead atoms. The molecule has 0 aliphatic heterocycles. The number of nitrogens with zero attached hydrogens (tertiary/aromatic N) is 1. The molecule has 1 unspecified atom stereocenters. The minimum atomic E-state index is -0.175. The Morgan fingerprint density at radius 3 is 2.82 bits per heavy atom. The van der Waals surface area contributed by atoms with Crippen LogP contribution in [0.3, 0.4) is 0 Å². The lowest BCUT2D eigenvalue weighted by molar-refractivity contribution is 0.0820. The van der Waals surface area contributed by atoms with E-state index in [1.807, 2.05) is 0 Å². The van der Waals surface area contributed by atoms with Gasteiger partial charge >= 0.3 is 0 Å². The van der Waals surface area contributed by atoms with Crippen molar-refractivity contribution >= 4 is 5.78 Å². The van der Waals surface area contributed by atoms with Crippen LogP contribution in [0.2, 0.25) is 0 Å². The predicted octanol–water partition coefficient (Wildman–Crippen LogP) is 3.57. The van der Waals surface area contributed by atoms with E-state index in [2.05, 4.69) is 6.07 Å². The molecule has 1 aromatic rings. The number of nitriles is 1. The van der Waals surface area contributed by atoms with Crippen LogP contribution in [0.15, 0.2) is 22.8 Å². The van der Waals surface area contributed by atoms with Crippen molar-refractivity contribution in [3.63, 3.8) is 0 Å². The van der Waals surface area contributed by atoms with Gasteiger partial charge in [0.15, 0.2) is 5.76 Å². The van der Waals surface area contributed by atoms with Crippen LogP contribution in [-0.2, 0) is 0 Å². The molecule has 17 heavy (non-hydrogen) atoms. The SMILES string of the molecule is N#CCC(C(=O)c1ccco1)C1CCCCC1. The zero-order valence-electron chi connectivity index (χ0n) is 9.89. The Hall–Kier alpha value is -1.56. The second-order valence-corrected chi connectivity index (χ2v) is 4.71. The number of rotatable bonds is 4.